The third-order valence-electron chi connectivity index (χ3n) is 20.3. The first-order valence-corrected chi connectivity index (χ1v) is 47.0. The first-order chi connectivity index (χ1) is 50.4. The Morgan fingerprint density at radius 3 is 0.731 bits per heavy atom. The second-order valence-electron chi connectivity index (χ2n) is 31.3. The van der Waals surface area contributed by atoms with Gasteiger partial charge >= 0.3 is 39.5 Å². The largest absolute Gasteiger partial charge is 0.472 e. The van der Waals surface area contributed by atoms with Crippen molar-refractivity contribution in [3.05, 3.63) is 0 Å². The van der Waals surface area contributed by atoms with Gasteiger partial charge in [-0.05, 0) is 37.5 Å². The van der Waals surface area contributed by atoms with Crippen LogP contribution in [-0.4, -0.2) is 96.7 Å². The van der Waals surface area contributed by atoms with Crippen molar-refractivity contribution in [3.8, 4) is 0 Å². The van der Waals surface area contributed by atoms with Crippen molar-refractivity contribution in [2.75, 3.05) is 39.6 Å². The number of unbranched alkanes of at least 4 members (excludes halogenated alkanes) is 53. The first kappa shape index (κ1) is 102. The zero-order chi connectivity index (χ0) is 76.4. The lowest BCUT2D eigenvalue weighted by atomic mass is 9.99. The molecule has 0 bridgehead atoms. The molecular weight excluding hydrogens is 1350 g/mol. The van der Waals surface area contributed by atoms with Gasteiger partial charge in [0.15, 0.2) is 12.2 Å². The molecule has 0 radical (unpaired) electrons. The second-order valence-corrected chi connectivity index (χ2v) is 34.2. The number of ether oxygens (including phenoxy) is 4. The van der Waals surface area contributed by atoms with E-state index in [2.05, 4.69) is 41.5 Å². The summed E-state index contributed by atoms with van der Waals surface area (Å²) in [5.41, 5.74) is 0. The van der Waals surface area contributed by atoms with Crippen molar-refractivity contribution < 1.29 is 80.2 Å². The summed E-state index contributed by atoms with van der Waals surface area (Å²) in [4.78, 5) is 73.1. The molecule has 0 aliphatic rings. The number of aliphatic hydroxyl groups is 1. The minimum Gasteiger partial charge on any atom is -0.462 e. The van der Waals surface area contributed by atoms with Gasteiger partial charge in [0.1, 0.15) is 19.3 Å². The van der Waals surface area contributed by atoms with Crippen LogP contribution in [0.2, 0.25) is 0 Å². The minimum atomic E-state index is -4.96. The fourth-order valence-corrected chi connectivity index (χ4v) is 14.8. The molecule has 0 aromatic rings. The van der Waals surface area contributed by atoms with Crippen LogP contribution >= 0.6 is 15.6 Å². The summed E-state index contributed by atoms with van der Waals surface area (Å²) >= 11 is 0. The zero-order valence-corrected chi connectivity index (χ0v) is 70.1. The molecule has 0 heterocycles. The monoisotopic (exact) mass is 1520 g/mol. The van der Waals surface area contributed by atoms with Crippen LogP contribution in [0.3, 0.4) is 0 Å². The molecule has 0 fully saturated rings. The van der Waals surface area contributed by atoms with E-state index in [1.54, 1.807) is 0 Å². The van der Waals surface area contributed by atoms with Crippen LogP contribution in [-0.2, 0) is 65.4 Å². The summed E-state index contributed by atoms with van der Waals surface area (Å²) in [5, 5.41) is 10.7. The fourth-order valence-electron chi connectivity index (χ4n) is 13.2. The molecule has 0 aliphatic carbocycles. The number of rotatable bonds is 84. The molecule has 17 nitrogen and oxygen atoms in total. The average Bonchev–Trinajstić information content (AvgIpc) is 0.912. The van der Waals surface area contributed by atoms with Crippen molar-refractivity contribution in [2.24, 2.45) is 11.8 Å². The second kappa shape index (κ2) is 76.4. The quantitative estimate of drug-likeness (QED) is 0.0222. The number of carbonyl (C=O) groups excluding carboxylic acids is 4. The molecule has 0 aromatic heterocycles. The number of esters is 4. The van der Waals surface area contributed by atoms with Gasteiger partial charge in [0.25, 0.3) is 0 Å². The molecule has 3 N–H and O–H groups in total. The van der Waals surface area contributed by atoms with Crippen molar-refractivity contribution in [2.45, 2.75) is 471 Å². The molecule has 0 aliphatic heterocycles. The van der Waals surface area contributed by atoms with Gasteiger partial charge in [-0.25, -0.2) is 9.13 Å². The van der Waals surface area contributed by atoms with E-state index in [-0.39, 0.29) is 25.7 Å². The van der Waals surface area contributed by atoms with E-state index < -0.39 is 97.5 Å². The fraction of sp³-hybridized carbons (Fsp3) is 0.953. The molecular formula is C85H166O17P2. The maximum Gasteiger partial charge on any atom is 0.472 e. The predicted molar refractivity (Wildman–Crippen MR) is 428 cm³/mol. The van der Waals surface area contributed by atoms with E-state index in [4.69, 9.17) is 37.0 Å². The summed E-state index contributed by atoms with van der Waals surface area (Å²) in [5.74, 6) is -0.517. The molecule has 0 spiro atoms. The van der Waals surface area contributed by atoms with Gasteiger partial charge in [0.05, 0.1) is 26.4 Å². The van der Waals surface area contributed by atoms with Gasteiger partial charge in [0, 0.05) is 25.7 Å². The number of hydrogen-bond donors (Lipinski definition) is 3. The van der Waals surface area contributed by atoms with Gasteiger partial charge in [-0.2, -0.15) is 0 Å². The standard InChI is InChI=1S/C85H166O17P2/c1-7-10-12-14-16-18-20-21-22-23-24-25-26-30-33-36-39-43-50-56-62-68-83(88)96-73-80(101-84(89)69-63-57-51-44-40-37-34-31-28-27-29-32-35-38-41-47-53-59-65-77(4)5)75-99-103(91,92)97-71-79(86)72-98-104(93,94)100-76-81(74-95-82(87)67-61-55-49-42-19-17-15-13-11-8-2)102-85(90)70-64-58-52-46-45-48-54-60-66-78(6)9-3/h77-81,86H,7-76H2,1-6H3,(H,91,92)(H,93,94)/t78?,79-,80-,81-/m1/s1. The molecule has 0 saturated carbocycles. The van der Waals surface area contributed by atoms with Crippen LogP contribution in [0.4, 0.5) is 0 Å². The third-order valence-corrected chi connectivity index (χ3v) is 22.2. The van der Waals surface area contributed by atoms with Crippen molar-refractivity contribution in [3.63, 3.8) is 0 Å². The maximum absolute atomic E-state index is 13.1. The Balaban J connectivity index is 5.20. The maximum atomic E-state index is 13.1. The molecule has 0 amide bonds. The summed E-state index contributed by atoms with van der Waals surface area (Å²) in [6.07, 6.45) is 68.2. The van der Waals surface area contributed by atoms with E-state index in [9.17, 15) is 43.2 Å². The summed E-state index contributed by atoms with van der Waals surface area (Å²) < 4.78 is 68.8. The van der Waals surface area contributed by atoms with Gasteiger partial charge in [-0.15, -0.1) is 0 Å². The molecule has 3 unspecified atom stereocenters. The van der Waals surface area contributed by atoms with Gasteiger partial charge in [0.2, 0.25) is 0 Å². The van der Waals surface area contributed by atoms with E-state index in [0.717, 1.165) is 102 Å². The van der Waals surface area contributed by atoms with Crippen molar-refractivity contribution >= 4 is 39.5 Å². The highest BCUT2D eigenvalue weighted by Crippen LogP contribution is 2.45. The van der Waals surface area contributed by atoms with Gasteiger partial charge in [-0.3, -0.25) is 37.3 Å². The summed E-state index contributed by atoms with van der Waals surface area (Å²) in [7, 11) is -9.92. The topological polar surface area (TPSA) is 237 Å². The lowest BCUT2D eigenvalue weighted by Gasteiger charge is -2.21. The minimum absolute atomic E-state index is 0.105. The molecule has 6 atom stereocenters. The van der Waals surface area contributed by atoms with E-state index >= 15 is 0 Å². The normalized spacial score (nSPS) is 14.1. The van der Waals surface area contributed by atoms with Gasteiger partial charge < -0.3 is 33.8 Å². The highest BCUT2D eigenvalue weighted by atomic mass is 31.2. The number of carbonyl (C=O) groups is 4. The Hall–Kier alpha value is -1.94. The number of phosphoric ester groups is 2. The van der Waals surface area contributed by atoms with E-state index in [1.807, 2.05) is 0 Å². The third kappa shape index (κ3) is 76.8. The first-order valence-electron chi connectivity index (χ1n) is 44.0. The lowest BCUT2D eigenvalue weighted by Crippen LogP contribution is -2.30. The van der Waals surface area contributed by atoms with E-state index in [1.165, 1.54) is 270 Å². The van der Waals surface area contributed by atoms with Crippen molar-refractivity contribution in [1.82, 2.24) is 0 Å². The van der Waals surface area contributed by atoms with Crippen molar-refractivity contribution in [1.29, 1.82) is 0 Å². The highest BCUT2D eigenvalue weighted by Gasteiger charge is 2.30. The van der Waals surface area contributed by atoms with Gasteiger partial charge in [-0.1, -0.05) is 401 Å². The number of phosphoric acid groups is 2. The Labute approximate surface area is 638 Å². The van der Waals surface area contributed by atoms with Crippen LogP contribution in [0.5, 0.6) is 0 Å². The molecule has 19 heteroatoms. The summed E-state index contributed by atoms with van der Waals surface area (Å²) in [6, 6.07) is 0. The zero-order valence-electron chi connectivity index (χ0n) is 68.3. The predicted octanol–water partition coefficient (Wildman–Crippen LogP) is 25.8. The molecule has 104 heavy (non-hydrogen) atoms. The smallest absolute Gasteiger partial charge is 0.462 e. The van der Waals surface area contributed by atoms with Crippen LogP contribution in [0.25, 0.3) is 0 Å². The van der Waals surface area contributed by atoms with Crippen LogP contribution in [0.15, 0.2) is 0 Å². The molecule has 0 rings (SSSR count). The number of aliphatic hydroxyl groups excluding tert-OH is 1. The molecule has 618 valence electrons. The van der Waals surface area contributed by atoms with Crippen LogP contribution in [0.1, 0.15) is 452 Å². The van der Waals surface area contributed by atoms with E-state index in [0.29, 0.717) is 25.7 Å². The molecule has 0 aromatic carbocycles. The Morgan fingerprint density at radius 1 is 0.279 bits per heavy atom. The molecule has 0 saturated heterocycles. The number of hydrogen-bond acceptors (Lipinski definition) is 15. The average molecular weight is 1520 g/mol. The van der Waals surface area contributed by atoms with Crippen LogP contribution < -0.4 is 0 Å². The Bertz CT molecular complexity index is 2000. The SMILES string of the molecule is CCCCCCCCCCCCCCCCCCCCCCCC(=O)OC[C@H](COP(=O)(O)OC[C@@H](O)COP(=O)(O)OC[C@@H](COC(=O)CCCCCCCCCCCC)OC(=O)CCCCCCCCCCC(C)CC)OC(=O)CCCCCCCCCCCCCCCCCCCCC(C)C. The van der Waals surface area contributed by atoms with Crippen LogP contribution in [0, 0.1) is 11.8 Å². The Kier molecular flexibility index (Phi) is 75.0. The Morgan fingerprint density at radius 2 is 0.490 bits per heavy atom. The lowest BCUT2D eigenvalue weighted by molar-refractivity contribution is -0.161. The highest BCUT2D eigenvalue weighted by molar-refractivity contribution is 7.47. The summed E-state index contributed by atoms with van der Waals surface area (Å²) in [6.45, 7) is 9.68.